The van der Waals surface area contributed by atoms with Crippen molar-refractivity contribution in [1.82, 2.24) is 5.32 Å². The van der Waals surface area contributed by atoms with Crippen LogP contribution in [-0.4, -0.2) is 46.4 Å². The third-order valence-electron chi connectivity index (χ3n) is 4.19. The molecule has 0 spiro atoms. The number of carbonyl (C=O) groups is 1. The summed E-state index contributed by atoms with van der Waals surface area (Å²) >= 11 is 0. The van der Waals surface area contributed by atoms with Crippen molar-refractivity contribution in [2.24, 2.45) is 0 Å². The first-order chi connectivity index (χ1) is 14.0. The highest BCUT2D eigenvalue weighted by molar-refractivity contribution is 7.92. The highest BCUT2D eigenvalue weighted by atomic mass is 32.2. The molecule has 10 heteroatoms. The van der Waals surface area contributed by atoms with E-state index in [-0.39, 0.29) is 12.3 Å². The summed E-state index contributed by atoms with van der Waals surface area (Å²) in [4.78, 5) is 12.6. The SMILES string of the molecule is COc1ccc(OC[C@@H](C)NC(=O)[C@H](C)N(c2ccc(F)c(F)c2)S(C)(=O)=O)cc1. The van der Waals surface area contributed by atoms with Gasteiger partial charge in [-0.3, -0.25) is 9.10 Å². The first kappa shape index (κ1) is 23.4. The highest BCUT2D eigenvalue weighted by Crippen LogP contribution is 2.23. The number of amides is 1. The lowest BCUT2D eigenvalue weighted by Crippen LogP contribution is -2.50. The maximum atomic E-state index is 13.6. The van der Waals surface area contributed by atoms with Crippen molar-refractivity contribution < 1.29 is 31.5 Å². The van der Waals surface area contributed by atoms with Gasteiger partial charge in [0.25, 0.3) is 0 Å². The minimum atomic E-state index is -3.95. The summed E-state index contributed by atoms with van der Waals surface area (Å²) in [6.45, 7) is 3.18. The van der Waals surface area contributed by atoms with Gasteiger partial charge in [0.05, 0.1) is 25.1 Å². The van der Waals surface area contributed by atoms with E-state index in [9.17, 15) is 22.0 Å². The predicted octanol–water partition coefficient (Wildman–Crippen LogP) is 2.71. The van der Waals surface area contributed by atoms with E-state index in [0.29, 0.717) is 11.5 Å². The fourth-order valence-electron chi connectivity index (χ4n) is 2.73. The summed E-state index contributed by atoms with van der Waals surface area (Å²) in [5.41, 5.74) is -0.152. The Labute approximate surface area is 174 Å². The molecule has 0 aliphatic heterocycles. The van der Waals surface area contributed by atoms with Crippen molar-refractivity contribution in [1.29, 1.82) is 0 Å². The van der Waals surface area contributed by atoms with Crippen LogP contribution in [0.5, 0.6) is 11.5 Å². The van der Waals surface area contributed by atoms with Gasteiger partial charge in [-0.05, 0) is 50.2 Å². The molecule has 0 saturated carbocycles. The molecule has 2 aromatic rings. The maximum absolute atomic E-state index is 13.6. The number of anilines is 1. The van der Waals surface area contributed by atoms with Crippen LogP contribution in [0.1, 0.15) is 13.8 Å². The topological polar surface area (TPSA) is 84.9 Å². The summed E-state index contributed by atoms with van der Waals surface area (Å²) in [7, 11) is -2.40. The lowest BCUT2D eigenvalue weighted by Gasteiger charge is -2.29. The summed E-state index contributed by atoms with van der Waals surface area (Å²) in [5.74, 6) is -1.69. The number of sulfonamides is 1. The van der Waals surface area contributed by atoms with E-state index < -0.39 is 39.6 Å². The van der Waals surface area contributed by atoms with E-state index in [1.807, 2.05) is 0 Å². The second kappa shape index (κ2) is 9.75. The molecule has 0 unspecified atom stereocenters. The van der Waals surface area contributed by atoms with Crippen molar-refractivity contribution >= 4 is 21.6 Å². The third kappa shape index (κ3) is 6.06. The molecule has 2 rings (SSSR count). The zero-order valence-electron chi connectivity index (χ0n) is 17.1. The van der Waals surface area contributed by atoms with Gasteiger partial charge in [0.15, 0.2) is 11.6 Å². The molecule has 0 saturated heterocycles. The number of methoxy groups -OCH3 is 1. The first-order valence-electron chi connectivity index (χ1n) is 9.04. The van der Waals surface area contributed by atoms with Gasteiger partial charge in [0, 0.05) is 6.07 Å². The van der Waals surface area contributed by atoms with Crippen molar-refractivity contribution in [2.75, 3.05) is 24.3 Å². The molecule has 0 aromatic heterocycles. The van der Waals surface area contributed by atoms with Gasteiger partial charge in [-0.2, -0.15) is 0 Å². The van der Waals surface area contributed by atoms with Crippen LogP contribution in [0.2, 0.25) is 0 Å². The Bertz CT molecular complexity index is 983. The number of hydrogen-bond acceptors (Lipinski definition) is 5. The second-order valence-electron chi connectivity index (χ2n) is 6.73. The summed E-state index contributed by atoms with van der Waals surface area (Å²) in [5, 5.41) is 2.66. The molecular weight excluding hydrogens is 418 g/mol. The predicted molar refractivity (Wildman–Crippen MR) is 109 cm³/mol. The lowest BCUT2D eigenvalue weighted by atomic mass is 10.2. The normalized spacial score (nSPS) is 13.3. The number of benzene rings is 2. The molecule has 30 heavy (non-hydrogen) atoms. The molecule has 0 fully saturated rings. The number of ether oxygens (including phenoxy) is 2. The van der Waals surface area contributed by atoms with Crippen LogP contribution >= 0.6 is 0 Å². The molecule has 2 aromatic carbocycles. The van der Waals surface area contributed by atoms with E-state index in [0.717, 1.165) is 28.8 Å². The summed E-state index contributed by atoms with van der Waals surface area (Å²) < 4.78 is 62.6. The Morgan fingerprint density at radius 3 is 2.20 bits per heavy atom. The van der Waals surface area contributed by atoms with Gasteiger partial charge in [-0.25, -0.2) is 17.2 Å². The van der Waals surface area contributed by atoms with Crippen molar-refractivity contribution in [3.63, 3.8) is 0 Å². The largest absolute Gasteiger partial charge is 0.497 e. The van der Waals surface area contributed by atoms with Crippen LogP contribution in [0.3, 0.4) is 0 Å². The van der Waals surface area contributed by atoms with Crippen molar-refractivity contribution in [2.45, 2.75) is 25.9 Å². The van der Waals surface area contributed by atoms with Crippen molar-refractivity contribution in [3.05, 3.63) is 54.1 Å². The number of nitrogens with zero attached hydrogens (tertiary/aromatic N) is 1. The van der Waals surface area contributed by atoms with Crippen LogP contribution in [0.4, 0.5) is 14.5 Å². The maximum Gasteiger partial charge on any atom is 0.243 e. The molecule has 0 heterocycles. The first-order valence-corrected chi connectivity index (χ1v) is 10.9. The van der Waals surface area contributed by atoms with Gasteiger partial charge >= 0.3 is 0 Å². The molecule has 7 nitrogen and oxygen atoms in total. The smallest absolute Gasteiger partial charge is 0.243 e. The van der Waals surface area contributed by atoms with E-state index in [4.69, 9.17) is 9.47 Å². The third-order valence-corrected chi connectivity index (χ3v) is 5.44. The van der Waals surface area contributed by atoms with Crippen LogP contribution < -0.4 is 19.1 Å². The Kier molecular flexibility index (Phi) is 7.60. The molecule has 164 valence electrons. The van der Waals surface area contributed by atoms with Crippen LogP contribution in [0.15, 0.2) is 42.5 Å². The van der Waals surface area contributed by atoms with Gasteiger partial charge in [0.2, 0.25) is 15.9 Å². The Balaban J connectivity index is 2.05. The number of rotatable bonds is 9. The minimum Gasteiger partial charge on any atom is -0.497 e. The van der Waals surface area contributed by atoms with Gasteiger partial charge in [-0.15, -0.1) is 0 Å². The zero-order valence-corrected chi connectivity index (χ0v) is 17.9. The van der Waals surface area contributed by atoms with Gasteiger partial charge in [-0.1, -0.05) is 0 Å². The minimum absolute atomic E-state index is 0.134. The van der Waals surface area contributed by atoms with Crippen molar-refractivity contribution in [3.8, 4) is 11.5 Å². The molecule has 0 aliphatic carbocycles. The molecule has 1 N–H and O–H groups in total. The molecule has 0 aliphatic rings. The lowest BCUT2D eigenvalue weighted by molar-refractivity contribution is -0.122. The van der Waals surface area contributed by atoms with Crippen LogP contribution in [0.25, 0.3) is 0 Å². The second-order valence-corrected chi connectivity index (χ2v) is 8.59. The van der Waals surface area contributed by atoms with Crippen LogP contribution in [0, 0.1) is 11.6 Å². The molecule has 1 amide bonds. The molecule has 2 atom stereocenters. The summed E-state index contributed by atoms with van der Waals surface area (Å²) in [6, 6.07) is 7.87. The molecule has 0 radical (unpaired) electrons. The van der Waals surface area contributed by atoms with E-state index in [2.05, 4.69) is 5.32 Å². The van der Waals surface area contributed by atoms with E-state index in [1.54, 1.807) is 38.3 Å². The Hall–Kier alpha value is -2.88. The number of hydrogen-bond donors (Lipinski definition) is 1. The van der Waals surface area contributed by atoms with E-state index in [1.165, 1.54) is 6.92 Å². The van der Waals surface area contributed by atoms with Gasteiger partial charge in [0.1, 0.15) is 24.1 Å². The van der Waals surface area contributed by atoms with E-state index >= 15 is 0 Å². The highest BCUT2D eigenvalue weighted by Gasteiger charge is 2.30. The van der Waals surface area contributed by atoms with Gasteiger partial charge < -0.3 is 14.8 Å². The quantitative estimate of drug-likeness (QED) is 0.646. The Morgan fingerprint density at radius 2 is 1.67 bits per heavy atom. The number of halogens is 2. The fraction of sp³-hybridized carbons (Fsp3) is 0.350. The number of carbonyl (C=O) groups excluding carboxylic acids is 1. The Morgan fingerprint density at radius 1 is 1.07 bits per heavy atom. The standard InChI is InChI=1S/C20H24F2N2O5S/c1-13(12-29-17-8-6-16(28-3)7-9-17)23-20(25)14(2)24(30(4,26)27)15-5-10-18(21)19(22)11-15/h5-11,13-14H,12H2,1-4H3,(H,23,25)/t13-,14+/m1/s1. The molecular formula is C20H24F2N2O5S. The fourth-order valence-corrected chi connectivity index (χ4v) is 3.90. The monoisotopic (exact) mass is 442 g/mol. The number of nitrogens with one attached hydrogen (secondary N) is 1. The molecule has 0 bridgehead atoms. The average Bonchev–Trinajstić information content (AvgIpc) is 2.68. The van der Waals surface area contributed by atoms with Crippen LogP contribution in [-0.2, 0) is 14.8 Å². The average molecular weight is 442 g/mol. The summed E-state index contributed by atoms with van der Waals surface area (Å²) in [6.07, 6.45) is 0.883. The zero-order chi connectivity index (χ0) is 22.5.